The van der Waals surface area contributed by atoms with Crippen LogP contribution in [0.1, 0.15) is 0 Å². The molecule has 0 saturated heterocycles. The Labute approximate surface area is 107 Å². The summed E-state index contributed by atoms with van der Waals surface area (Å²) in [4.78, 5) is 3.91. The van der Waals surface area contributed by atoms with E-state index in [1.807, 2.05) is 0 Å². The lowest BCUT2D eigenvalue weighted by atomic mass is 10.3. The van der Waals surface area contributed by atoms with Crippen molar-refractivity contribution in [1.82, 2.24) is 4.98 Å². The van der Waals surface area contributed by atoms with Crippen LogP contribution in [0.4, 0.5) is 10.1 Å². The molecule has 2 N–H and O–H groups in total. The van der Waals surface area contributed by atoms with Gasteiger partial charge in [-0.05, 0) is 18.2 Å². The number of anilines is 1. The maximum absolute atomic E-state index is 12.9. The monoisotopic (exact) mass is 272 g/mol. The molecular formula is C11H7Cl2FN2O. The number of pyridine rings is 1. The number of rotatable bonds is 2. The smallest absolute Gasteiger partial charge is 0.222 e. The Balaban J connectivity index is 2.28. The van der Waals surface area contributed by atoms with Gasteiger partial charge in [0.2, 0.25) is 5.88 Å². The van der Waals surface area contributed by atoms with Gasteiger partial charge in [-0.1, -0.05) is 23.2 Å². The van der Waals surface area contributed by atoms with Crippen molar-refractivity contribution >= 4 is 28.9 Å². The van der Waals surface area contributed by atoms with Crippen molar-refractivity contribution in [3.05, 3.63) is 46.3 Å². The molecule has 2 rings (SSSR count). The normalized spacial score (nSPS) is 10.3. The van der Waals surface area contributed by atoms with E-state index in [0.29, 0.717) is 11.4 Å². The van der Waals surface area contributed by atoms with Gasteiger partial charge >= 0.3 is 0 Å². The minimum absolute atomic E-state index is 0.0301. The largest absolute Gasteiger partial charge is 0.439 e. The van der Waals surface area contributed by atoms with Crippen LogP contribution in [0.5, 0.6) is 11.6 Å². The summed E-state index contributed by atoms with van der Waals surface area (Å²) in [6, 6.07) is 6.97. The molecule has 0 aliphatic heterocycles. The van der Waals surface area contributed by atoms with Crippen LogP contribution in [0, 0.1) is 5.82 Å². The zero-order chi connectivity index (χ0) is 12.4. The maximum atomic E-state index is 12.9. The third kappa shape index (κ3) is 2.99. The molecule has 1 heterocycles. The van der Waals surface area contributed by atoms with Gasteiger partial charge in [0.05, 0.1) is 5.02 Å². The fourth-order valence-electron chi connectivity index (χ4n) is 1.20. The maximum Gasteiger partial charge on any atom is 0.222 e. The molecule has 3 nitrogen and oxygen atoms in total. The van der Waals surface area contributed by atoms with Crippen LogP contribution in [0.2, 0.25) is 10.2 Å². The van der Waals surface area contributed by atoms with Crippen LogP contribution in [-0.4, -0.2) is 4.98 Å². The Kier molecular flexibility index (Phi) is 3.36. The van der Waals surface area contributed by atoms with Crippen molar-refractivity contribution in [3.8, 4) is 11.6 Å². The predicted molar refractivity (Wildman–Crippen MR) is 65.1 cm³/mol. The van der Waals surface area contributed by atoms with Crippen LogP contribution in [-0.2, 0) is 0 Å². The lowest BCUT2D eigenvalue weighted by Crippen LogP contribution is -1.92. The minimum atomic E-state index is -0.516. The highest BCUT2D eigenvalue weighted by atomic mass is 35.5. The van der Waals surface area contributed by atoms with Crippen molar-refractivity contribution in [3.63, 3.8) is 0 Å². The third-order valence-electron chi connectivity index (χ3n) is 1.91. The van der Waals surface area contributed by atoms with Crippen molar-refractivity contribution < 1.29 is 9.13 Å². The third-order valence-corrected chi connectivity index (χ3v) is 2.39. The summed E-state index contributed by atoms with van der Waals surface area (Å²) in [6.45, 7) is 0. The zero-order valence-corrected chi connectivity index (χ0v) is 9.97. The summed E-state index contributed by atoms with van der Waals surface area (Å²) in [6.07, 6.45) is 0. The first-order valence-electron chi connectivity index (χ1n) is 4.60. The number of halogens is 3. The van der Waals surface area contributed by atoms with Crippen molar-refractivity contribution in [2.24, 2.45) is 0 Å². The fourth-order valence-corrected chi connectivity index (χ4v) is 1.58. The molecule has 0 saturated carbocycles. The minimum Gasteiger partial charge on any atom is -0.439 e. The van der Waals surface area contributed by atoms with Gasteiger partial charge in [0.1, 0.15) is 16.7 Å². The van der Waals surface area contributed by atoms with Gasteiger partial charge in [-0.15, -0.1) is 0 Å². The molecule has 17 heavy (non-hydrogen) atoms. The van der Waals surface area contributed by atoms with Crippen LogP contribution < -0.4 is 10.5 Å². The molecule has 1 aromatic heterocycles. The fraction of sp³-hybridized carbons (Fsp3) is 0. The summed E-state index contributed by atoms with van der Waals surface area (Å²) in [5.74, 6) is 0.0563. The highest BCUT2D eigenvalue weighted by molar-refractivity contribution is 6.30. The van der Waals surface area contributed by atoms with Crippen LogP contribution >= 0.6 is 23.2 Å². The highest BCUT2D eigenvalue weighted by Gasteiger charge is 2.05. The number of benzene rings is 1. The standard InChI is InChI=1S/C11H7Cl2FN2O/c12-8-5-7(1-2-9(8)14)17-11-4-6(15)3-10(13)16-11/h1-5H,(H2,15,16). The number of nitrogens with zero attached hydrogens (tertiary/aromatic N) is 1. The first-order chi connectivity index (χ1) is 8.04. The molecule has 0 unspecified atom stereocenters. The van der Waals surface area contributed by atoms with E-state index in [2.05, 4.69) is 4.98 Å². The van der Waals surface area contributed by atoms with Gasteiger partial charge in [-0.2, -0.15) is 0 Å². The molecule has 2 aromatic rings. The van der Waals surface area contributed by atoms with E-state index in [4.69, 9.17) is 33.7 Å². The zero-order valence-electron chi connectivity index (χ0n) is 8.45. The molecule has 0 aliphatic carbocycles. The Bertz CT molecular complexity index is 543. The van der Waals surface area contributed by atoms with Gasteiger partial charge in [0.15, 0.2) is 0 Å². The Hall–Kier alpha value is -1.52. The first kappa shape index (κ1) is 12.0. The topological polar surface area (TPSA) is 48.1 Å². The molecule has 0 atom stereocenters. The molecule has 1 aromatic carbocycles. The molecule has 0 aliphatic rings. The summed E-state index contributed by atoms with van der Waals surface area (Å²) < 4.78 is 18.3. The highest BCUT2D eigenvalue weighted by Crippen LogP contribution is 2.27. The number of nitrogen functional groups attached to an aromatic ring is 1. The van der Waals surface area contributed by atoms with Gasteiger partial charge in [0.25, 0.3) is 0 Å². The molecule has 0 radical (unpaired) electrons. The van der Waals surface area contributed by atoms with Crippen molar-refractivity contribution in [2.75, 3.05) is 5.73 Å². The van der Waals surface area contributed by atoms with Gasteiger partial charge in [0, 0.05) is 17.8 Å². The van der Waals surface area contributed by atoms with Crippen molar-refractivity contribution in [1.29, 1.82) is 0 Å². The van der Waals surface area contributed by atoms with E-state index < -0.39 is 5.82 Å². The summed E-state index contributed by atoms with van der Waals surface area (Å²) in [5.41, 5.74) is 6.00. The summed E-state index contributed by atoms with van der Waals surface area (Å²) >= 11 is 11.3. The number of nitrogens with two attached hydrogens (primary N) is 1. The van der Waals surface area contributed by atoms with E-state index in [1.165, 1.54) is 30.3 Å². The van der Waals surface area contributed by atoms with E-state index >= 15 is 0 Å². The van der Waals surface area contributed by atoms with Gasteiger partial charge in [-0.3, -0.25) is 0 Å². The quantitative estimate of drug-likeness (QED) is 0.844. The van der Waals surface area contributed by atoms with E-state index in [1.54, 1.807) is 0 Å². The number of aromatic nitrogens is 1. The molecule has 88 valence electrons. The van der Waals surface area contributed by atoms with E-state index in [-0.39, 0.29) is 16.1 Å². The van der Waals surface area contributed by atoms with Gasteiger partial charge < -0.3 is 10.5 Å². The van der Waals surface area contributed by atoms with Crippen LogP contribution in [0.15, 0.2) is 30.3 Å². The number of ether oxygens (including phenoxy) is 1. The average Bonchev–Trinajstić information content (AvgIpc) is 2.22. The predicted octanol–water partition coefficient (Wildman–Crippen LogP) is 3.90. The second kappa shape index (κ2) is 4.77. The van der Waals surface area contributed by atoms with Gasteiger partial charge in [-0.25, -0.2) is 9.37 Å². The lowest BCUT2D eigenvalue weighted by Gasteiger charge is -2.06. The van der Waals surface area contributed by atoms with Crippen LogP contribution in [0.25, 0.3) is 0 Å². The second-order valence-electron chi connectivity index (χ2n) is 3.24. The first-order valence-corrected chi connectivity index (χ1v) is 5.36. The molecular weight excluding hydrogens is 266 g/mol. The van der Waals surface area contributed by atoms with Crippen LogP contribution in [0.3, 0.4) is 0 Å². The molecule has 0 fully saturated rings. The molecule has 0 bridgehead atoms. The summed E-state index contributed by atoms with van der Waals surface area (Å²) in [7, 11) is 0. The summed E-state index contributed by atoms with van der Waals surface area (Å²) in [5, 5.41) is 0.186. The van der Waals surface area contributed by atoms with Crippen molar-refractivity contribution in [2.45, 2.75) is 0 Å². The Morgan fingerprint density at radius 3 is 2.59 bits per heavy atom. The molecule has 0 spiro atoms. The lowest BCUT2D eigenvalue weighted by molar-refractivity contribution is 0.462. The van der Waals surface area contributed by atoms with E-state index in [0.717, 1.165) is 0 Å². The average molecular weight is 273 g/mol. The van der Waals surface area contributed by atoms with E-state index in [9.17, 15) is 4.39 Å². The number of hydrogen-bond acceptors (Lipinski definition) is 3. The Morgan fingerprint density at radius 2 is 1.94 bits per heavy atom. The molecule has 6 heteroatoms. The second-order valence-corrected chi connectivity index (χ2v) is 4.03. The SMILES string of the molecule is Nc1cc(Cl)nc(Oc2ccc(F)c(Cl)c2)c1. The number of hydrogen-bond donors (Lipinski definition) is 1. The Morgan fingerprint density at radius 1 is 1.18 bits per heavy atom. The molecule has 0 amide bonds.